The van der Waals surface area contributed by atoms with Crippen LogP contribution in [0.25, 0.3) is 0 Å². The first-order valence-electron chi connectivity index (χ1n) is 5.90. The van der Waals surface area contributed by atoms with Crippen LogP contribution in [0.1, 0.15) is 38.1 Å². The van der Waals surface area contributed by atoms with Crippen molar-refractivity contribution >= 4 is 11.8 Å². The molecule has 2 bridgehead atoms. The molecule has 3 unspecified atom stereocenters. The maximum absolute atomic E-state index is 12.2. The number of nitrogens with one attached hydrogen (secondary N) is 1. The lowest BCUT2D eigenvalue weighted by Crippen LogP contribution is -2.47. The Bertz CT molecular complexity index is 434. The Hall–Kier alpha value is -1.72. The highest BCUT2D eigenvalue weighted by Crippen LogP contribution is 2.40. The molecular weight excluding hydrogens is 220 g/mol. The van der Waals surface area contributed by atoms with Crippen LogP contribution in [-0.4, -0.2) is 31.9 Å². The number of aromatic amines is 1. The van der Waals surface area contributed by atoms with Gasteiger partial charge in [0.25, 0.3) is 0 Å². The molecule has 1 N–H and O–H groups in total. The van der Waals surface area contributed by atoms with E-state index in [0.29, 0.717) is 5.82 Å². The van der Waals surface area contributed by atoms with E-state index in [9.17, 15) is 9.59 Å². The molecule has 0 aromatic carbocycles. The lowest BCUT2D eigenvalue weighted by molar-refractivity contribution is -0.155. The van der Waals surface area contributed by atoms with E-state index < -0.39 is 0 Å². The van der Waals surface area contributed by atoms with Crippen molar-refractivity contribution < 1.29 is 9.59 Å². The highest BCUT2D eigenvalue weighted by atomic mass is 16.2. The summed E-state index contributed by atoms with van der Waals surface area (Å²) in [5, 5.41) is 6.47. The first kappa shape index (κ1) is 10.4. The van der Waals surface area contributed by atoms with E-state index in [-0.39, 0.29) is 29.7 Å². The standard InChI is InChI=1S/C11H14N4O2/c1-6(9-12-5-13-14-9)15-10(16)7-2-3-8(4-7)11(15)17/h5-8H,2-4H2,1H3,(H,12,13,14). The van der Waals surface area contributed by atoms with Gasteiger partial charge < -0.3 is 0 Å². The molecule has 1 aliphatic carbocycles. The third-order valence-corrected chi connectivity index (χ3v) is 3.82. The quantitative estimate of drug-likeness (QED) is 0.762. The van der Waals surface area contributed by atoms with Gasteiger partial charge in [0.05, 0.1) is 6.04 Å². The maximum Gasteiger partial charge on any atom is 0.232 e. The van der Waals surface area contributed by atoms with Crippen LogP contribution in [-0.2, 0) is 9.59 Å². The molecule has 3 atom stereocenters. The summed E-state index contributed by atoms with van der Waals surface area (Å²) in [6.45, 7) is 1.81. The van der Waals surface area contributed by atoms with Gasteiger partial charge in [-0.05, 0) is 26.2 Å². The van der Waals surface area contributed by atoms with Crippen LogP contribution >= 0.6 is 0 Å². The molecule has 2 aliphatic rings. The van der Waals surface area contributed by atoms with E-state index in [1.807, 2.05) is 0 Å². The molecule has 1 aromatic heterocycles. The summed E-state index contributed by atoms with van der Waals surface area (Å²) < 4.78 is 0. The molecule has 6 nitrogen and oxygen atoms in total. The number of rotatable bonds is 2. The number of carbonyl (C=O) groups excluding carboxylic acids is 2. The maximum atomic E-state index is 12.2. The number of amides is 2. The number of fused-ring (bicyclic) bond motifs is 2. The number of H-pyrrole nitrogens is 1. The summed E-state index contributed by atoms with van der Waals surface area (Å²) in [6, 6.07) is -0.346. The summed E-state index contributed by atoms with van der Waals surface area (Å²) in [5.74, 6) is 0.527. The molecule has 2 fully saturated rings. The second-order valence-corrected chi connectivity index (χ2v) is 4.80. The fraction of sp³-hybridized carbons (Fsp3) is 0.636. The van der Waals surface area contributed by atoms with Crippen molar-refractivity contribution in [2.75, 3.05) is 0 Å². The smallest absolute Gasteiger partial charge is 0.232 e. The van der Waals surface area contributed by atoms with E-state index in [0.717, 1.165) is 19.3 Å². The van der Waals surface area contributed by atoms with Gasteiger partial charge in [0, 0.05) is 11.8 Å². The fourth-order valence-electron chi connectivity index (χ4n) is 2.85. The topological polar surface area (TPSA) is 79.0 Å². The molecule has 3 rings (SSSR count). The molecule has 90 valence electrons. The van der Waals surface area contributed by atoms with E-state index in [1.165, 1.54) is 11.2 Å². The zero-order valence-electron chi connectivity index (χ0n) is 9.59. The predicted molar refractivity (Wildman–Crippen MR) is 57.5 cm³/mol. The second-order valence-electron chi connectivity index (χ2n) is 4.80. The van der Waals surface area contributed by atoms with Crippen molar-refractivity contribution in [3.8, 4) is 0 Å². The van der Waals surface area contributed by atoms with Gasteiger partial charge in [0.15, 0.2) is 0 Å². The van der Waals surface area contributed by atoms with Crippen molar-refractivity contribution in [2.45, 2.75) is 32.2 Å². The zero-order chi connectivity index (χ0) is 12.0. The highest BCUT2D eigenvalue weighted by molar-refractivity contribution is 6.01. The molecule has 17 heavy (non-hydrogen) atoms. The predicted octanol–water partition coefficient (Wildman–Crippen LogP) is 0.651. The molecule has 1 aliphatic heterocycles. The van der Waals surface area contributed by atoms with Gasteiger partial charge in [0.2, 0.25) is 11.8 Å². The molecule has 0 radical (unpaired) electrons. The molecule has 6 heteroatoms. The normalized spacial score (nSPS) is 29.8. The number of aromatic nitrogens is 3. The summed E-state index contributed by atoms with van der Waals surface area (Å²) in [5.41, 5.74) is 0. The number of imide groups is 1. The Kier molecular flexibility index (Phi) is 2.24. The van der Waals surface area contributed by atoms with Crippen LogP contribution in [0.2, 0.25) is 0 Å². The SMILES string of the molecule is CC(c1ncn[nH]1)N1C(=O)C2CCC(C2)C1=O. The number of piperidine rings is 1. The van der Waals surface area contributed by atoms with Crippen molar-refractivity contribution in [3.05, 3.63) is 12.2 Å². The van der Waals surface area contributed by atoms with Gasteiger partial charge in [-0.1, -0.05) is 0 Å². The molecule has 0 spiro atoms. The van der Waals surface area contributed by atoms with Gasteiger partial charge in [-0.15, -0.1) is 0 Å². The van der Waals surface area contributed by atoms with E-state index >= 15 is 0 Å². The Balaban J connectivity index is 1.91. The van der Waals surface area contributed by atoms with Gasteiger partial charge >= 0.3 is 0 Å². The van der Waals surface area contributed by atoms with Crippen molar-refractivity contribution in [3.63, 3.8) is 0 Å². The molecule has 1 saturated heterocycles. The first-order valence-corrected chi connectivity index (χ1v) is 5.90. The van der Waals surface area contributed by atoms with Crippen LogP contribution < -0.4 is 0 Å². The summed E-state index contributed by atoms with van der Waals surface area (Å²) in [6.07, 6.45) is 3.81. The molecular formula is C11H14N4O2. The zero-order valence-corrected chi connectivity index (χ0v) is 9.59. The first-order chi connectivity index (χ1) is 8.18. The molecule has 1 aromatic rings. The third-order valence-electron chi connectivity index (χ3n) is 3.82. The van der Waals surface area contributed by atoms with E-state index in [1.54, 1.807) is 6.92 Å². The van der Waals surface area contributed by atoms with Crippen LogP contribution in [0, 0.1) is 11.8 Å². The number of carbonyl (C=O) groups is 2. The van der Waals surface area contributed by atoms with E-state index in [2.05, 4.69) is 15.2 Å². The number of hydrogen-bond donors (Lipinski definition) is 1. The Morgan fingerprint density at radius 1 is 1.35 bits per heavy atom. The van der Waals surface area contributed by atoms with Crippen molar-refractivity contribution in [1.82, 2.24) is 20.1 Å². The minimum atomic E-state index is -0.346. The number of hydrogen-bond acceptors (Lipinski definition) is 4. The van der Waals surface area contributed by atoms with Crippen LogP contribution in [0.3, 0.4) is 0 Å². The van der Waals surface area contributed by atoms with Crippen molar-refractivity contribution in [2.24, 2.45) is 11.8 Å². The van der Waals surface area contributed by atoms with Gasteiger partial charge in [-0.2, -0.15) is 5.10 Å². The van der Waals surface area contributed by atoms with Gasteiger partial charge in [0.1, 0.15) is 12.2 Å². The van der Waals surface area contributed by atoms with Crippen LogP contribution in [0.4, 0.5) is 0 Å². The van der Waals surface area contributed by atoms with Gasteiger partial charge in [-0.3, -0.25) is 19.6 Å². The average molecular weight is 234 g/mol. The number of likely N-dealkylation sites (tertiary alicyclic amines) is 1. The summed E-state index contributed by atoms with van der Waals surface area (Å²) in [4.78, 5) is 29.7. The van der Waals surface area contributed by atoms with E-state index in [4.69, 9.17) is 0 Å². The average Bonchev–Trinajstić information content (AvgIpc) is 2.98. The molecule has 1 saturated carbocycles. The van der Waals surface area contributed by atoms with Gasteiger partial charge in [-0.25, -0.2) is 4.98 Å². The Morgan fingerprint density at radius 3 is 2.53 bits per heavy atom. The fourth-order valence-corrected chi connectivity index (χ4v) is 2.85. The minimum absolute atomic E-state index is 0.0306. The number of nitrogens with zero attached hydrogens (tertiary/aromatic N) is 3. The van der Waals surface area contributed by atoms with Crippen LogP contribution in [0.15, 0.2) is 6.33 Å². The van der Waals surface area contributed by atoms with Crippen molar-refractivity contribution in [1.29, 1.82) is 0 Å². The summed E-state index contributed by atoms with van der Waals surface area (Å²) in [7, 11) is 0. The summed E-state index contributed by atoms with van der Waals surface area (Å²) >= 11 is 0. The Labute approximate surface area is 98.4 Å². The third kappa shape index (κ3) is 1.47. The lowest BCUT2D eigenvalue weighted by Gasteiger charge is -2.33. The molecule has 2 amide bonds. The largest absolute Gasteiger partial charge is 0.274 e. The minimum Gasteiger partial charge on any atom is -0.274 e. The Morgan fingerprint density at radius 2 is 2.00 bits per heavy atom. The second kappa shape index (κ2) is 3.65. The highest BCUT2D eigenvalue weighted by Gasteiger charge is 2.47. The monoisotopic (exact) mass is 234 g/mol. The lowest BCUT2D eigenvalue weighted by atomic mass is 9.95. The molecule has 2 heterocycles. The van der Waals surface area contributed by atoms with Crippen LogP contribution in [0.5, 0.6) is 0 Å².